The molecular weight excluding hydrogens is 428 g/mol. The van der Waals surface area contributed by atoms with Crippen LogP contribution in [0.3, 0.4) is 0 Å². The Balaban J connectivity index is 1.28. The summed E-state index contributed by atoms with van der Waals surface area (Å²) in [4.78, 5) is 30.9. The van der Waals surface area contributed by atoms with Gasteiger partial charge in [-0.05, 0) is 69.2 Å². The summed E-state index contributed by atoms with van der Waals surface area (Å²) in [6, 6.07) is 6.05. The fourth-order valence-corrected chi connectivity index (χ4v) is 4.68. The molecule has 2 aliphatic rings. The van der Waals surface area contributed by atoms with E-state index in [1.165, 1.54) is 0 Å². The normalized spacial score (nSPS) is 18.8. The summed E-state index contributed by atoms with van der Waals surface area (Å²) in [5, 5.41) is 12.7. The number of hydrogen-bond donors (Lipinski definition) is 2. The maximum Gasteiger partial charge on any atom is 0.273 e. The minimum atomic E-state index is -0.164. The zero-order valence-corrected chi connectivity index (χ0v) is 18.9. The molecule has 1 atom stereocenters. The van der Waals surface area contributed by atoms with Gasteiger partial charge in [-0.25, -0.2) is 0 Å². The van der Waals surface area contributed by atoms with Gasteiger partial charge < -0.3 is 15.2 Å². The van der Waals surface area contributed by atoms with Gasteiger partial charge in [0.1, 0.15) is 5.69 Å². The molecule has 3 heterocycles. The number of benzene rings is 1. The molecule has 0 radical (unpaired) electrons. The molecule has 0 bridgehead atoms. The zero-order chi connectivity index (χ0) is 22.2. The van der Waals surface area contributed by atoms with E-state index in [1.54, 1.807) is 10.9 Å². The van der Waals surface area contributed by atoms with E-state index in [4.69, 9.17) is 11.6 Å². The third kappa shape index (κ3) is 4.24. The summed E-state index contributed by atoms with van der Waals surface area (Å²) in [7, 11) is 0. The van der Waals surface area contributed by atoms with Crippen LogP contribution in [0.5, 0.6) is 0 Å². The van der Waals surface area contributed by atoms with Crippen LogP contribution in [-0.4, -0.2) is 55.3 Å². The highest BCUT2D eigenvalue weighted by Gasteiger charge is 2.30. The molecule has 2 fully saturated rings. The predicted molar refractivity (Wildman–Crippen MR) is 122 cm³/mol. The van der Waals surface area contributed by atoms with Gasteiger partial charge in [-0.3, -0.25) is 14.3 Å². The third-order valence-corrected chi connectivity index (χ3v) is 6.73. The van der Waals surface area contributed by atoms with Crippen molar-refractivity contribution in [3.63, 3.8) is 0 Å². The number of halogens is 1. The number of aryl methyl sites for hydroxylation is 2. The molecular formula is C23H27ClN6O2. The molecule has 1 unspecified atom stereocenters. The first-order valence-electron chi connectivity index (χ1n) is 11.3. The van der Waals surface area contributed by atoms with E-state index in [9.17, 15) is 9.59 Å². The number of nitrogens with zero attached hydrogens (tertiary/aromatic N) is 4. The van der Waals surface area contributed by atoms with Gasteiger partial charge >= 0.3 is 0 Å². The highest BCUT2D eigenvalue weighted by atomic mass is 35.5. The number of piperidine rings is 1. The van der Waals surface area contributed by atoms with Crippen LogP contribution in [0, 0.1) is 6.92 Å². The predicted octanol–water partition coefficient (Wildman–Crippen LogP) is 3.70. The second kappa shape index (κ2) is 8.58. The average Bonchev–Trinajstić information content (AvgIpc) is 3.37. The van der Waals surface area contributed by atoms with Gasteiger partial charge in [-0.2, -0.15) is 0 Å². The van der Waals surface area contributed by atoms with E-state index < -0.39 is 0 Å². The van der Waals surface area contributed by atoms with E-state index in [0.717, 1.165) is 61.5 Å². The van der Waals surface area contributed by atoms with Gasteiger partial charge in [0.15, 0.2) is 5.69 Å². The molecule has 8 nitrogen and oxygen atoms in total. The Kier molecular flexibility index (Phi) is 5.63. The molecule has 1 aliphatic carbocycles. The quantitative estimate of drug-likeness (QED) is 0.593. The Morgan fingerprint density at radius 1 is 1.25 bits per heavy atom. The second-order valence-electron chi connectivity index (χ2n) is 8.87. The molecule has 2 amide bonds. The van der Waals surface area contributed by atoms with Crippen LogP contribution in [0.4, 0.5) is 0 Å². The van der Waals surface area contributed by atoms with Crippen molar-refractivity contribution in [3.05, 3.63) is 46.4 Å². The molecule has 1 aromatic carbocycles. The van der Waals surface area contributed by atoms with Crippen molar-refractivity contribution in [1.82, 2.24) is 30.2 Å². The molecule has 168 valence electrons. The summed E-state index contributed by atoms with van der Waals surface area (Å²) in [6.07, 6.45) is 7.59. The van der Waals surface area contributed by atoms with Gasteiger partial charge in [0.25, 0.3) is 11.8 Å². The number of aromatic nitrogens is 4. The molecule has 2 aromatic heterocycles. The number of amides is 2. The number of carbonyl (C=O) groups is 2. The summed E-state index contributed by atoms with van der Waals surface area (Å²) >= 11 is 6.15. The van der Waals surface area contributed by atoms with Crippen molar-refractivity contribution in [2.45, 2.75) is 64.1 Å². The van der Waals surface area contributed by atoms with Crippen molar-refractivity contribution in [3.8, 4) is 0 Å². The van der Waals surface area contributed by atoms with Gasteiger partial charge in [-0.1, -0.05) is 16.8 Å². The van der Waals surface area contributed by atoms with E-state index in [1.807, 2.05) is 30.0 Å². The molecule has 1 aliphatic heterocycles. The monoisotopic (exact) mass is 454 g/mol. The number of aromatic amines is 1. The molecule has 3 aromatic rings. The first-order valence-corrected chi connectivity index (χ1v) is 11.7. The molecule has 9 heteroatoms. The Bertz CT molecular complexity index is 1160. The van der Waals surface area contributed by atoms with E-state index in [0.29, 0.717) is 29.0 Å². The van der Waals surface area contributed by atoms with Crippen LogP contribution < -0.4 is 5.32 Å². The summed E-state index contributed by atoms with van der Waals surface area (Å²) in [6.45, 7) is 3.32. The number of rotatable bonds is 6. The Labute approximate surface area is 191 Å². The van der Waals surface area contributed by atoms with Gasteiger partial charge in [0, 0.05) is 41.1 Å². The smallest absolute Gasteiger partial charge is 0.273 e. The Hall–Kier alpha value is -2.87. The number of hydrogen-bond acceptors (Lipinski definition) is 4. The van der Waals surface area contributed by atoms with Gasteiger partial charge in [-0.15, -0.1) is 5.10 Å². The molecule has 5 rings (SSSR count). The number of carbonyl (C=O) groups excluding carboxylic acids is 2. The molecule has 32 heavy (non-hydrogen) atoms. The minimum Gasteiger partial charge on any atom is -0.350 e. The lowest BCUT2D eigenvalue weighted by Crippen LogP contribution is -2.44. The number of fused-ring (bicyclic) bond motifs is 1. The highest BCUT2D eigenvalue weighted by Crippen LogP contribution is 2.28. The fourth-order valence-electron chi connectivity index (χ4n) is 4.50. The molecule has 1 saturated heterocycles. The maximum atomic E-state index is 13.5. The van der Waals surface area contributed by atoms with Crippen molar-refractivity contribution >= 4 is 34.3 Å². The number of nitrogens with one attached hydrogen (secondary N) is 2. The summed E-state index contributed by atoms with van der Waals surface area (Å²) < 4.78 is 1.70. The lowest BCUT2D eigenvalue weighted by Gasteiger charge is -2.35. The molecule has 1 saturated carbocycles. The summed E-state index contributed by atoms with van der Waals surface area (Å²) in [5.41, 5.74) is 2.83. The topological polar surface area (TPSA) is 95.9 Å². The lowest BCUT2D eigenvalue weighted by atomic mass is 9.98. The first-order chi connectivity index (χ1) is 15.5. The lowest BCUT2D eigenvalue weighted by molar-refractivity contribution is 0.0588. The van der Waals surface area contributed by atoms with Crippen molar-refractivity contribution in [1.29, 1.82) is 0 Å². The number of likely N-dealkylation sites (tertiary alicyclic amines) is 1. The summed E-state index contributed by atoms with van der Waals surface area (Å²) in [5.74, 6) is -0.134. The van der Waals surface area contributed by atoms with E-state index in [2.05, 4.69) is 20.6 Å². The second-order valence-corrected chi connectivity index (χ2v) is 9.30. The highest BCUT2D eigenvalue weighted by molar-refractivity contribution is 6.31. The van der Waals surface area contributed by atoms with Crippen LogP contribution in [-0.2, 0) is 6.54 Å². The van der Waals surface area contributed by atoms with Crippen LogP contribution >= 0.6 is 11.6 Å². The van der Waals surface area contributed by atoms with Gasteiger partial charge in [0.05, 0.1) is 6.20 Å². The minimum absolute atomic E-state index is 0.0302. The molecule has 0 spiro atoms. The van der Waals surface area contributed by atoms with Gasteiger partial charge in [0.2, 0.25) is 0 Å². The van der Waals surface area contributed by atoms with E-state index >= 15 is 0 Å². The van der Waals surface area contributed by atoms with Crippen molar-refractivity contribution < 1.29 is 9.59 Å². The third-order valence-electron chi connectivity index (χ3n) is 6.50. The SMILES string of the molecule is Cc1c(C(=O)N2CCCCC2CCn2cc(C(=O)NC3CC3)nn2)[nH]c2ccc(Cl)cc12. The van der Waals surface area contributed by atoms with Crippen LogP contribution in [0.2, 0.25) is 5.02 Å². The largest absolute Gasteiger partial charge is 0.350 e. The average molecular weight is 455 g/mol. The van der Waals surface area contributed by atoms with Crippen LogP contribution in [0.25, 0.3) is 10.9 Å². The molecule has 2 N–H and O–H groups in total. The van der Waals surface area contributed by atoms with E-state index in [-0.39, 0.29) is 17.9 Å². The fraction of sp³-hybridized carbons (Fsp3) is 0.478. The van der Waals surface area contributed by atoms with Crippen LogP contribution in [0.1, 0.15) is 65.1 Å². The standard InChI is InChI=1S/C23H27ClN6O2/c1-14-18-12-15(24)5-8-19(18)26-21(14)23(32)30-10-3-2-4-17(30)9-11-29-13-20(27-28-29)22(31)25-16-6-7-16/h5,8,12-13,16-17,26H,2-4,6-7,9-11H2,1H3,(H,25,31). The van der Waals surface area contributed by atoms with Crippen LogP contribution in [0.15, 0.2) is 24.4 Å². The Morgan fingerprint density at radius 3 is 2.91 bits per heavy atom. The first kappa shape index (κ1) is 21.0. The number of H-pyrrole nitrogens is 1. The zero-order valence-electron chi connectivity index (χ0n) is 18.1. The maximum absolute atomic E-state index is 13.5. The van der Waals surface area contributed by atoms with Crippen molar-refractivity contribution in [2.75, 3.05) is 6.54 Å². The Morgan fingerprint density at radius 2 is 2.09 bits per heavy atom. The van der Waals surface area contributed by atoms with Crippen molar-refractivity contribution in [2.24, 2.45) is 0 Å².